The summed E-state index contributed by atoms with van der Waals surface area (Å²) in [6.45, 7) is 2.02. The molecule has 0 atom stereocenters. The lowest BCUT2D eigenvalue weighted by atomic mass is 10.1. The van der Waals surface area contributed by atoms with Crippen LogP contribution < -0.4 is 9.47 Å². The van der Waals surface area contributed by atoms with E-state index in [2.05, 4.69) is 11.9 Å². The average molecular weight is 334 g/mol. The van der Waals surface area contributed by atoms with Gasteiger partial charge in [-0.2, -0.15) is 0 Å². The topological polar surface area (TPSA) is 55.8 Å². The molecule has 1 aliphatic rings. The molecule has 0 spiro atoms. The third-order valence-electron chi connectivity index (χ3n) is 3.53. The fourth-order valence-electron chi connectivity index (χ4n) is 2.38. The number of piperidine rings is 1. The largest absolute Gasteiger partial charge is 0.493 e. The number of benzene rings is 1. The Hall–Kier alpha value is -0.980. The maximum absolute atomic E-state index is 11.1. The van der Waals surface area contributed by atoms with Crippen molar-refractivity contribution in [2.24, 2.45) is 0 Å². The smallest absolute Gasteiger partial charge is 0.236 e. The molecule has 7 heteroatoms. The van der Waals surface area contributed by atoms with Crippen molar-refractivity contribution in [2.75, 3.05) is 27.2 Å². The summed E-state index contributed by atoms with van der Waals surface area (Å²) in [5, 5.41) is 0. The molecule has 0 bridgehead atoms. The molecule has 1 saturated heterocycles. The van der Waals surface area contributed by atoms with Crippen molar-refractivity contribution in [2.45, 2.75) is 24.7 Å². The number of likely N-dealkylation sites (tertiary alicyclic amines) is 1. The summed E-state index contributed by atoms with van der Waals surface area (Å²) < 4.78 is 33.5. The minimum absolute atomic E-state index is 0.165. The van der Waals surface area contributed by atoms with E-state index in [4.69, 9.17) is 20.2 Å². The third-order valence-corrected chi connectivity index (χ3v) is 4.53. The molecular weight excluding hydrogens is 314 g/mol. The van der Waals surface area contributed by atoms with Gasteiger partial charge in [0, 0.05) is 23.8 Å². The van der Waals surface area contributed by atoms with E-state index in [1.165, 1.54) is 7.11 Å². The van der Waals surface area contributed by atoms with Crippen LogP contribution >= 0.6 is 10.7 Å². The maximum Gasteiger partial charge on any atom is 0.236 e. The van der Waals surface area contributed by atoms with Crippen LogP contribution in [0.3, 0.4) is 0 Å². The van der Waals surface area contributed by atoms with E-state index in [0.29, 0.717) is 17.1 Å². The first-order chi connectivity index (χ1) is 9.87. The van der Waals surface area contributed by atoms with Gasteiger partial charge < -0.3 is 14.4 Å². The van der Waals surface area contributed by atoms with E-state index < -0.39 is 9.05 Å². The minimum Gasteiger partial charge on any atom is -0.493 e. The molecule has 21 heavy (non-hydrogen) atoms. The second-order valence-corrected chi connectivity index (χ2v) is 8.07. The van der Waals surface area contributed by atoms with Crippen LogP contribution in [0.5, 0.6) is 11.5 Å². The quantitative estimate of drug-likeness (QED) is 0.773. The lowest BCUT2D eigenvalue weighted by Crippen LogP contribution is -2.35. The number of nitrogens with zero attached hydrogens (tertiary/aromatic N) is 1. The predicted octanol–water partition coefficient (Wildman–Crippen LogP) is 2.24. The van der Waals surface area contributed by atoms with Crippen molar-refractivity contribution >= 4 is 19.7 Å². The van der Waals surface area contributed by atoms with Crippen LogP contribution in [0, 0.1) is 0 Å². The summed E-state index contributed by atoms with van der Waals surface area (Å²) in [5.41, 5.74) is 0.581. The van der Waals surface area contributed by atoms with Gasteiger partial charge in [0.1, 0.15) is 6.10 Å². The number of halogens is 1. The van der Waals surface area contributed by atoms with Gasteiger partial charge in [-0.25, -0.2) is 8.42 Å². The van der Waals surface area contributed by atoms with Crippen molar-refractivity contribution in [3.63, 3.8) is 0 Å². The van der Waals surface area contributed by atoms with Crippen LogP contribution in [-0.4, -0.2) is 46.7 Å². The minimum atomic E-state index is -3.58. The van der Waals surface area contributed by atoms with E-state index in [1.807, 2.05) is 0 Å². The summed E-state index contributed by atoms with van der Waals surface area (Å²) in [4.78, 5) is 2.27. The molecule has 118 valence electrons. The molecule has 1 aromatic carbocycles. The van der Waals surface area contributed by atoms with Crippen LogP contribution in [0.15, 0.2) is 18.2 Å². The van der Waals surface area contributed by atoms with E-state index >= 15 is 0 Å². The Bertz CT molecular complexity index is 583. The molecule has 1 aliphatic heterocycles. The number of hydrogen-bond acceptors (Lipinski definition) is 5. The van der Waals surface area contributed by atoms with Gasteiger partial charge in [0.25, 0.3) is 0 Å². The molecule has 0 aromatic heterocycles. The Labute approximate surface area is 130 Å². The summed E-state index contributed by atoms with van der Waals surface area (Å²) in [6, 6.07) is 5.10. The Morgan fingerprint density at radius 2 is 1.95 bits per heavy atom. The van der Waals surface area contributed by atoms with Crippen molar-refractivity contribution in [3.05, 3.63) is 23.8 Å². The number of hydrogen-bond donors (Lipinski definition) is 0. The van der Waals surface area contributed by atoms with Gasteiger partial charge in [0.2, 0.25) is 9.05 Å². The van der Waals surface area contributed by atoms with Crippen LogP contribution in [0.4, 0.5) is 0 Å². The van der Waals surface area contributed by atoms with Gasteiger partial charge >= 0.3 is 0 Å². The molecule has 5 nitrogen and oxygen atoms in total. The summed E-state index contributed by atoms with van der Waals surface area (Å²) >= 11 is 0. The highest BCUT2D eigenvalue weighted by Crippen LogP contribution is 2.31. The fourth-order valence-corrected chi connectivity index (χ4v) is 3.34. The van der Waals surface area contributed by atoms with Gasteiger partial charge in [0.05, 0.1) is 12.9 Å². The summed E-state index contributed by atoms with van der Waals surface area (Å²) in [5.74, 6) is 0.953. The fraction of sp³-hybridized carbons (Fsp3) is 0.571. The predicted molar refractivity (Wildman–Crippen MR) is 82.6 cm³/mol. The van der Waals surface area contributed by atoms with Crippen molar-refractivity contribution in [1.82, 2.24) is 4.90 Å². The van der Waals surface area contributed by atoms with Crippen molar-refractivity contribution in [3.8, 4) is 11.5 Å². The molecule has 0 N–H and O–H groups in total. The highest BCUT2D eigenvalue weighted by Gasteiger charge is 2.20. The maximum atomic E-state index is 11.1. The van der Waals surface area contributed by atoms with Gasteiger partial charge in [-0.15, -0.1) is 0 Å². The highest BCUT2D eigenvalue weighted by atomic mass is 35.7. The molecule has 1 aromatic rings. The van der Waals surface area contributed by atoms with Crippen LogP contribution in [-0.2, 0) is 14.8 Å². The van der Waals surface area contributed by atoms with E-state index in [1.54, 1.807) is 18.2 Å². The number of ether oxygens (including phenoxy) is 2. The highest BCUT2D eigenvalue weighted by molar-refractivity contribution is 8.13. The van der Waals surface area contributed by atoms with Gasteiger partial charge in [-0.1, -0.05) is 6.07 Å². The molecule has 0 radical (unpaired) electrons. The van der Waals surface area contributed by atoms with E-state index in [-0.39, 0.29) is 11.9 Å². The summed E-state index contributed by atoms with van der Waals surface area (Å²) in [6.07, 6.45) is 2.10. The normalized spacial score (nSPS) is 17.7. The SMILES string of the molecule is COc1cc(CS(=O)(=O)Cl)ccc1OC1CCN(C)CC1. The first-order valence-corrected chi connectivity index (χ1v) is 9.29. The number of methoxy groups -OCH3 is 1. The lowest BCUT2D eigenvalue weighted by molar-refractivity contribution is 0.111. The number of rotatable bonds is 5. The van der Waals surface area contributed by atoms with E-state index in [9.17, 15) is 8.42 Å². The van der Waals surface area contributed by atoms with Crippen molar-refractivity contribution < 1.29 is 17.9 Å². The molecule has 0 amide bonds. The van der Waals surface area contributed by atoms with Gasteiger partial charge in [-0.3, -0.25) is 0 Å². The molecule has 0 unspecified atom stereocenters. The molecule has 2 rings (SSSR count). The third kappa shape index (κ3) is 5.05. The first kappa shape index (κ1) is 16.4. The van der Waals surface area contributed by atoms with Gasteiger partial charge in [0.15, 0.2) is 11.5 Å². The van der Waals surface area contributed by atoms with Crippen LogP contribution in [0.2, 0.25) is 0 Å². The average Bonchev–Trinajstić information content (AvgIpc) is 2.41. The molecule has 0 aliphatic carbocycles. The zero-order valence-electron chi connectivity index (χ0n) is 12.2. The zero-order valence-corrected chi connectivity index (χ0v) is 13.8. The van der Waals surface area contributed by atoms with Crippen LogP contribution in [0.1, 0.15) is 18.4 Å². The monoisotopic (exact) mass is 333 g/mol. The van der Waals surface area contributed by atoms with Crippen LogP contribution in [0.25, 0.3) is 0 Å². The van der Waals surface area contributed by atoms with Crippen molar-refractivity contribution in [1.29, 1.82) is 0 Å². The second-order valence-electron chi connectivity index (χ2n) is 5.29. The Kier molecular flexibility index (Phi) is 5.35. The zero-order chi connectivity index (χ0) is 15.5. The standard InChI is InChI=1S/C14H20ClNO4S/c1-16-7-5-12(6-8-16)20-13-4-3-11(9-14(13)19-2)10-21(15,17)18/h3-4,9,12H,5-8,10H2,1-2H3. The molecule has 1 fully saturated rings. The second kappa shape index (κ2) is 6.85. The molecule has 1 heterocycles. The molecular formula is C14H20ClNO4S. The first-order valence-electron chi connectivity index (χ1n) is 6.82. The van der Waals surface area contributed by atoms with E-state index in [0.717, 1.165) is 25.9 Å². The lowest BCUT2D eigenvalue weighted by Gasteiger charge is -2.29. The summed E-state index contributed by atoms with van der Waals surface area (Å²) in [7, 11) is 5.32. The Morgan fingerprint density at radius 1 is 1.29 bits per heavy atom. The molecule has 0 saturated carbocycles. The Balaban J connectivity index is 2.09. The van der Waals surface area contributed by atoms with Gasteiger partial charge in [-0.05, 0) is 37.6 Å². The Morgan fingerprint density at radius 3 is 2.52 bits per heavy atom.